The maximum absolute atomic E-state index is 14.0. The minimum atomic E-state index is -4.22. The van der Waals surface area contributed by atoms with Gasteiger partial charge in [0, 0.05) is 33.9 Å². The van der Waals surface area contributed by atoms with Crippen LogP contribution in [0.25, 0.3) is 11.1 Å². The van der Waals surface area contributed by atoms with Gasteiger partial charge in [0.25, 0.3) is 0 Å². The number of carbonyl (C=O) groups is 2. The summed E-state index contributed by atoms with van der Waals surface area (Å²) in [6, 6.07) is 13.7. The average Bonchev–Trinajstić information content (AvgIpc) is 2.93. The van der Waals surface area contributed by atoms with E-state index < -0.39 is 27.6 Å². The minimum absolute atomic E-state index is 0.00408. The Hall–Kier alpha value is -3.19. The molecule has 0 saturated carbocycles. The summed E-state index contributed by atoms with van der Waals surface area (Å²) >= 11 is 0. The van der Waals surface area contributed by atoms with Crippen molar-refractivity contribution in [3.05, 3.63) is 48.5 Å². The molecule has 38 heavy (non-hydrogen) atoms. The Kier molecular flexibility index (Phi) is 10.1. The fourth-order valence-electron chi connectivity index (χ4n) is 4.44. The van der Waals surface area contributed by atoms with Crippen LogP contribution in [0, 0.1) is 0 Å². The van der Waals surface area contributed by atoms with Gasteiger partial charge >= 0.3 is 12.1 Å². The molecule has 2 aromatic rings. The first-order chi connectivity index (χ1) is 18.2. The van der Waals surface area contributed by atoms with Gasteiger partial charge in [0.05, 0.1) is 25.2 Å². The zero-order valence-corrected chi connectivity index (χ0v) is 22.6. The molecule has 0 spiro atoms. The van der Waals surface area contributed by atoms with Crippen molar-refractivity contribution >= 4 is 22.1 Å². The van der Waals surface area contributed by atoms with Crippen LogP contribution in [-0.4, -0.2) is 101 Å². The lowest BCUT2D eigenvalue weighted by Crippen LogP contribution is -2.63. The van der Waals surface area contributed by atoms with E-state index in [9.17, 15) is 23.1 Å². The van der Waals surface area contributed by atoms with Crippen molar-refractivity contribution in [2.24, 2.45) is 0 Å². The number of likely N-dealkylation sites (tertiary alicyclic amines) is 1. The van der Waals surface area contributed by atoms with Crippen LogP contribution < -0.4 is 4.74 Å². The normalized spacial score (nSPS) is 15.3. The second-order valence-electron chi connectivity index (χ2n) is 8.75. The second kappa shape index (κ2) is 13.1. The van der Waals surface area contributed by atoms with Gasteiger partial charge in [-0.25, -0.2) is 13.2 Å². The molecule has 0 unspecified atom stereocenters. The first kappa shape index (κ1) is 29.4. The third-order valence-electron chi connectivity index (χ3n) is 6.60. The number of methoxy groups -OCH3 is 3. The van der Waals surface area contributed by atoms with Crippen LogP contribution in [0.15, 0.2) is 53.4 Å². The molecule has 1 aliphatic rings. The van der Waals surface area contributed by atoms with E-state index in [1.807, 2.05) is 24.3 Å². The third-order valence-corrected chi connectivity index (χ3v) is 8.58. The number of sulfonamides is 1. The van der Waals surface area contributed by atoms with E-state index in [4.69, 9.17) is 18.9 Å². The standard InChI is InChI=1S/C26H34N2O9S/c1-34-17-16-28(26(24(29)37-19-18-35-2)12-14-27(15-13-26)25(30)31)38(32,33)23-10-6-21(7-11-23)20-4-8-22(36-3)9-5-20/h4-11H,12-19H2,1-3H3,(H,30,31). The van der Waals surface area contributed by atoms with Crippen molar-refractivity contribution < 1.29 is 42.1 Å². The fraction of sp³-hybridized carbons (Fsp3) is 0.462. The number of piperidine rings is 1. The summed E-state index contributed by atoms with van der Waals surface area (Å²) in [4.78, 5) is 26.1. The van der Waals surface area contributed by atoms with Gasteiger partial charge in [-0.2, -0.15) is 4.31 Å². The first-order valence-corrected chi connectivity index (χ1v) is 13.5. The highest BCUT2D eigenvalue weighted by atomic mass is 32.2. The van der Waals surface area contributed by atoms with Gasteiger partial charge in [-0.3, -0.25) is 4.79 Å². The number of ether oxygens (including phenoxy) is 4. The average molecular weight is 551 g/mol. The van der Waals surface area contributed by atoms with E-state index in [-0.39, 0.29) is 57.2 Å². The monoisotopic (exact) mass is 550 g/mol. The summed E-state index contributed by atoms with van der Waals surface area (Å²) < 4.78 is 49.9. The van der Waals surface area contributed by atoms with Gasteiger partial charge in [0.15, 0.2) is 0 Å². The predicted octanol–water partition coefficient (Wildman–Crippen LogP) is 2.70. The van der Waals surface area contributed by atoms with Gasteiger partial charge in [0.1, 0.15) is 17.9 Å². The van der Waals surface area contributed by atoms with Crippen LogP contribution >= 0.6 is 0 Å². The van der Waals surface area contributed by atoms with Crippen molar-refractivity contribution in [3.8, 4) is 16.9 Å². The number of nitrogens with zero attached hydrogens (tertiary/aromatic N) is 2. The zero-order chi connectivity index (χ0) is 27.8. The van der Waals surface area contributed by atoms with E-state index in [2.05, 4.69) is 0 Å². The summed E-state index contributed by atoms with van der Waals surface area (Å²) in [5.74, 6) is -0.0347. The lowest BCUT2D eigenvalue weighted by atomic mass is 9.87. The van der Waals surface area contributed by atoms with Crippen LogP contribution in [0.4, 0.5) is 4.79 Å². The van der Waals surface area contributed by atoms with Crippen molar-refractivity contribution in [2.75, 3.05) is 60.8 Å². The van der Waals surface area contributed by atoms with Gasteiger partial charge < -0.3 is 29.0 Å². The van der Waals surface area contributed by atoms with Crippen molar-refractivity contribution in [1.82, 2.24) is 9.21 Å². The summed E-state index contributed by atoms with van der Waals surface area (Å²) in [7, 11) is 0.254. The fourth-order valence-corrected chi connectivity index (χ4v) is 6.21. The molecule has 1 fully saturated rings. The molecule has 0 aromatic heterocycles. The SMILES string of the molecule is COCCOC(=O)C1(N(CCOC)S(=O)(=O)c2ccc(-c3ccc(OC)cc3)cc2)CCN(C(=O)O)CC1. The molecular formula is C26H34N2O9S. The molecule has 12 heteroatoms. The molecule has 0 atom stereocenters. The zero-order valence-electron chi connectivity index (χ0n) is 21.8. The molecule has 2 aromatic carbocycles. The number of rotatable bonds is 12. The molecule has 208 valence electrons. The molecule has 11 nitrogen and oxygen atoms in total. The largest absolute Gasteiger partial charge is 0.497 e. The van der Waals surface area contributed by atoms with Gasteiger partial charge in [-0.1, -0.05) is 24.3 Å². The summed E-state index contributed by atoms with van der Waals surface area (Å²) in [5, 5.41) is 9.42. The summed E-state index contributed by atoms with van der Waals surface area (Å²) in [6.45, 7) is -0.0617. The van der Waals surface area contributed by atoms with Crippen LogP contribution in [0.5, 0.6) is 5.75 Å². The van der Waals surface area contributed by atoms with Crippen LogP contribution in [0.1, 0.15) is 12.8 Å². The number of carbonyl (C=O) groups excluding carboxylic acids is 1. The number of benzene rings is 2. The topological polar surface area (TPSA) is 132 Å². The Morgan fingerprint density at radius 1 is 0.895 bits per heavy atom. The number of esters is 1. The molecule has 1 heterocycles. The Labute approximate surface area is 222 Å². The Morgan fingerprint density at radius 3 is 1.95 bits per heavy atom. The van der Waals surface area contributed by atoms with Crippen molar-refractivity contribution in [3.63, 3.8) is 0 Å². The van der Waals surface area contributed by atoms with E-state index in [0.29, 0.717) is 5.75 Å². The van der Waals surface area contributed by atoms with Gasteiger partial charge in [-0.15, -0.1) is 0 Å². The first-order valence-electron chi connectivity index (χ1n) is 12.1. The lowest BCUT2D eigenvalue weighted by Gasteiger charge is -2.45. The quantitative estimate of drug-likeness (QED) is 0.313. The highest BCUT2D eigenvalue weighted by Crippen LogP contribution is 2.36. The smallest absolute Gasteiger partial charge is 0.407 e. The third kappa shape index (κ3) is 6.44. The summed E-state index contributed by atoms with van der Waals surface area (Å²) in [6.07, 6.45) is -1.25. The molecular weight excluding hydrogens is 516 g/mol. The van der Waals surface area contributed by atoms with E-state index in [0.717, 1.165) is 20.3 Å². The number of carboxylic acid groups (broad SMARTS) is 1. The molecule has 1 N–H and O–H groups in total. The Bertz CT molecular complexity index is 1180. The molecule has 1 aliphatic heterocycles. The van der Waals surface area contributed by atoms with E-state index in [1.54, 1.807) is 19.2 Å². The van der Waals surface area contributed by atoms with Crippen LogP contribution in [0.3, 0.4) is 0 Å². The molecule has 0 radical (unpaired) electrons. The molecule has 0 aliphatic carbocycles. The highest BCUT2D eigenvalue weighted by molar-refractivity contribution is 7.89. The Morgan fingerprint density at radius 2 is 1.45 bits per heavy atom. The maximum atomic E-state index is 14.0. The number of hydrogen-bond acceptors (Lipinski definition) is 8. The second-order valence-corrected chi connectivity index (χ2v) is 10.6. The van der Waals surface area contributed by atoms with Crippen LogP contribution in [-0.2, 0) is 29.0 Å². The van der Waals surface area contributed by atoms with Crippen molar-refractivity contribution in [2.45, 2.75) is 23.3 Å². The molecule has 3 rings (SSSR count). The number of hydrogen-bond donors (Lipinski definition) is 1. The maximum Gasteiger partial charge on any atom is 0.407 e. The van der Waals surface area contributed by atoms with Gasteiger partial charge in [-0.05, 0) is 48.2 Å². The highest BCUT2D eigenvalue weighted by Gasteiger charge is 2.53. The van der Waals surface area contributed by atoms with E-state index in [1.165, 1.54) is 26.4 Å². The van der Waals surface area contributed by atoms with Crippen molar-refractivity contribution in [1.29, 1.82) is 0 Å². The summed E-state index contributed by atoms with van der Waals surface area (Å²) in [5.41, 5.74) is 0.0786. The van der Waals surface area contributed by atoms with E-state index >= 15 is 0 Å². The minimum Gasteiger partial charge on any atom is -0.497 e. The Balaban J connectivity index is 1.98. The lowest BCUT2D eigenvalue weighted by molar-refractivity contribution is -0.159. The van der Waals surface area contributed by atoms with Crippen LogP contribution in [0.2, 0.25) is 0 Å². The predicted molar refractivity (Wildman–Crippen MR) is 139 cm³/mol. The molecule has 1 amide bonds. The number of amides is 1. The molecule has 0 bridgehead atoms. The van der Waals surface area contributed by atoms with Gasteiger partial charge in [0.2, 0.25) is 10.0 Å². The molecule has 1 saturated heterocycles.